The monoisotopic (exact) mass is 129 g/mol. The lowest BCUT2D eigenvalue weighted by atomic mass is 9.99. The Morgan fingerprint density at radius 3 is 1.89 bits per heavy atom. The molecule has 0 N–H and O–H groups in total. The van der Waals surface area contributed by atoms with Crippen molar-refractivity contribution < 1.29 is 8.78 Å². The molecule has 0 heterocycles. The van der Waals surface area contributed by atoms with Gasteiger partial charge in [-0.3, -0.25) is 0 Å². The van der Waals surface area contributed by atoms with Gasteiger partial charge in [-0.1, -0.05) is 5.47 Å². The standard InChI is InChI=1S/C5H6BF2N/c1-3(6)5(8)9-4(2)7/h1-2H3. The third-order valence-electron chi connectivity index (χ3n) is 0.578. The Morgan fingerprint density at radius 1 is 1.33 bits per heavy atom. The molecule has 2 radical (unpaired) electrons. The molecule has 0 aliphatic rings. The number of nitrogens with zero attached hydrogens (tertiary/aromatic N) is 1. The van der Waals surface area contributed by atoms with E-state index in [0.717, 1.165) is 6.92 Å². The first-order valence-corrected chi connectivity index (χ1v) is 2.36. The second-order valence-corrected chi connectivity index (χ2v) is 1.58. The van der Waals surface area contributed by atoms with Gasteiger partial charge in [0, 0.05) is 6.92 Å². The lowest BCUT2D eigenvalue weighted by molar-refractivity contribution is 0.614. The molecule has 0 spiro atoms. The fraction of sp³-hybridized carbons (Fsp3) is 0.400. The van der Waals surface area contributed by atoms with Crippen LogP contribution in [-0.2, 0) is 0 Å². The van der Waals surface area contributed by atoms with Gasteiger partial charge in [0.25, 0.3) is 0 Å². The van der Waals surface area contributed by atoms with Crippen LogP contribution in [0.15, 0.2) is 16.4 Å². The number of allylic oxidation sites excluding steroid dienone is 1. The van der Waals surface area contributed by atoms with Gasteiger partial charge in [-0.05, 0) is 6.92 Å². The van der Waals surface area contributed by atoms with Crippen LogP contribution in [0.3, 0.4) is 0 Å². The zero-order valence-corrected chi connectivity index (χ0v) is 5.28. The minimum absolute atomic E-state index is 0.119. The first kappa shape index (κ1) is 8.33. The molecule has 0 bridgehead atoms. The van der Waals surface area contributed by atoms with Gasteiger partial charge in [0.05, 0.1) is 0 Å². The van der Waals surface area contributed by atoms with Crippen molar-refractivity contribution >= 4 is 13.8 Å². The topological polar surface area (TPSA) is 12.4 Å². The molecule has 0 aliphatic carbocycles. The van der Waals surface area contributed by atoms with Crippen LogP contribution in [0.25, 0.3) is 0 Å². The fourth-order valence-corrected chi connectivity index (χ4v) is 0.223. The quantitative estimate of drug-likeness (QED) is 0.290. The second kappa shape index (κ2) is 3.38. The van der Waals surface area contributed by atoms with E-state index < -0.39 is 11.9 Å². The lowest BCUT2D eigenvalue weighted by Gasteiger charge is -1.89. The molecule has 0 fully saturated rings. The van der Waals surface area contributed by atoms with Crippen LogP contribution < -0.4 is 0 Å². The van der Waals surface area contributed by atoms with Gasteiger partial charge < -0.3 is 0 Å². The molecule has 0 unspecified atom stereocenters. The molecular weight excluding hydrogens is 123 g/mol. The number of hydrogen-bond acceptors (Lipinski definition) is 1. The maximum atomic E-state index is 12.1. The van der Waals surface area contributed by atoms with E-state index in [1.807, 2.05) is 0 Å². The molecule has 48 valence electrons. The van der Waals surface area contributed by atoms with Crippen LogP contribution in [0.4, 0.5) is 8.78 Å². The predicted octanol–water partition coefficient (Wildman–Crippen LogP) is 1.70. The van der Waals surface area contributed by atoms with E-state index in [-0.39, 0.29) is 5.47 Å². The van der Waals surface area contributed by atoms with E-state index >= 15 is 0 Å². The number of rotatable bonds is 1. The Labute approximate surface area is 53.9 Å². The molecule has 0 aromatic rings. The van der Waals surface area contributed by atoms with Crippen LogP contribution in [0.1, 0.15) is 13.8 Å². The van der Waals surface area contributed by atoms with E-state index in [0.29, 0.717) is 0 Å². The van der Waals surface area contributed by atoms with Gasteiger partial charge in [-0.25, -0.2) is 0 Å². The molecule has 9 heavy (non-hydrogen) atoms. The van der Waals surface area contributed by atoms with E-state index in [2.05, 4.69) is 4.99 Å². The summed E-state index contributed by atoms with van der Waals surface area (Å²) in [5.74, 6) is -1.80. The second-order valence-electron chi connectivity index (χ2n) is 1.58. The molecule has 4 heteroatoms. The van der Waals surface area contributed by atoms with Crippen molar-refractivity contribution in [3.05, 3.63) is 11.4 Å². The lowest BCUT2D eigenvalue weighted by Crippen LogP contribution is -1.82. The van der Waals surface area contributed by atoms with Crippen molar-refractivity contribution in [2.75, 3.05) is 0 Å². The molecule has 0 saturated heterocycles. The van der Waals surface area contributed by atoms with Gasteiger partial charge in [-0.2, -0.15) is 13.8 Å². The first-order valence-electron chi connectivity index (χ1n) is 2.36. The van der Waals surface area contributed by atoms with E-state index in [1.165, 1.54) is 6.92 Å². The minimum Gasteiger partial charge on any atom is -0.196 e. The predicted molar refractivity (Wildman–Crippen MR) is 33.8 cm³/mol. The highest BCUT2D eigenvalue weighted by atomic mass is 19.1. The van der Waals surface area contributed by atoms with Crippen molar-refractivity contribution in [1.29, 1.82) is 0 Å². The minimum atomic E-state index is -0.963. The van der Waals surface area contributed by atoms with Crippen molar-refractivity contribution in [1.82, 2.24) is 0 Å². The van der Waals surface area contributed by atoms with Gasteiger partial charge >= 0.3 is 0 Å². The summed E-state index contributed by atoms with van der Waals surface area (Å²) in [6, 6.07) is 0. The molecule has 0 rings (SSSR count). The Bertz CT molecular complexity index is 154. The summed E-state index contributed by atoms with van der Waals surface area (Å²) < 4.78 is 23.8. The Balaban J connectivity index is 4.25. The highest BCUT2D eigenvalue weighted by molar-refractivity contribution is 6.21. The van der Waals surface area contributed by atoms with Crippen LogP contribution in [0, 0.1) is 0 Å². The molecule has 0 aromatic carbocycles. The van der Waals surface area contributed by atoms with Crippen molar-refractivity contribution in [2.24, 2.45) is 4.99 Å². The largest absolute Gasteiger partial charge is 0.203 e. The Morgan fingerprint density at radius 2 is 1.78 bits per heavy atom. The molecule has 0 amide bonds. The summed E-state index contributed by atoms with van der Waals surface area (Å²) in [5.41, 5.74) is -0.119. The van der Waals surface area contributed by atoms with Crippen LogP contribution in [-0.4, -0.2) is 13.8 Å². The van der Waals surface area contributed by atoms with Crippen LogP contribution in [0.2, 0.25) is 0 Å². The van der Waals surface area contributed by atoms with Gasteiger partial charge in [0.1, 0.15) is 7.85 Å². The number of aliphatic imine (C=N–C) groups is 1. The maximum absolute atomic E-state index is 12.1. The molecule has 0 aliphatic heterocycles. The van der Waals surface area contributed by atoms with Crippen molar-refractivity contribution in [3.8, 4) is 0 Å². The van der Waals surface area contributed by atoms with Gasteiger partial charge in [-0.15, -0.1) is 0 Å². The fourth-order valence-electron chi connectivity index (χ4n) is 0.223. The van der Waals surface area contributed by atoms with E-state index in [1.54, 1.807) is 0 Å². The summed E-state index contributed by atoms with van der Waals surface area (Å²) in [6.45, 7) is 2.35. The number of hydrogen-bond donors (Lipinski definition) is 0. The smallest absolute Gasteiger partial charge is 0.196 e. The summed E-state index contributed by atoms with van der Waals surface area (Å²) in [4.78, 5) is 2.81. The van der Waals surface area contributed by atoms with E-state index in [9.17, 15) is 8.78 Å². The summed E-state index contributed by atoms with van der Waals surface area (Å²) >= 11 is 0. The molecule has 0 saturated carbocycles. The summed E-state index contributed by atoms with van der Waals surface area (Å²) in [7, 11) is 4.92. The SMILES string of the molecule is [B]C(C)=C(F)N=C(C)F. The third kappa shape index (κ3) is 3.88. The van der Waals surface area contributed by atoms with Crippen molar-refractivity contribution in [3.63, 3.8) is 0 Å². The number of halogens is 2. The van der Waals surface area contributed by atoms with Crippen LogP contribution in [0.5, 0.6) is 0 Å². The maximum Gasteiger partial charge on any atom is 0.203 e. The molecule has 1 nitrogen and oxygen atoms in total. The zero-order chi connectivity index (χ0) is 7.44. The van der Waals surface area contributed by atoms with Crippen molar-refractivity contribution in [2.45, 2.75) is 13.8 Å². The molecule has 0 aromatic heterocycles. The molecule has 0 atom stereocenters. The zero-order valence-electron chi connectivity index (χ0n) is 5.28. The first-order chi connectivity index (χ1) is 4.04. The van der Waals surface area contributed by atoms with E-state index in [4.69, 9.17) is 7.85 Å². The Hall–Kier alpha value is -0.665. The average molecular weight is 129 g/mol. The highest BCUT2D eigenvalue weighted by Gasteiger charge is 1.92. The van der Waals surface area contributed by atoms with Crippen LogP contribution >= 0.6 is 0 Å². The van der Waals surface area contributed by atoms with Gasteiger partial charge in [0.2, 0.25) is 5.95 Å². The molecular formula is C5H6BF2N. The van der Waals surface area contributed by atoms with Gasteiger partial charge in [0.15, 0.2) is 5.97 Å². The summed E-state index contributed by atoms with van der Waals surface area (Å²) in [5, 5.41) is 0. The Kier molecular flexibility index (Phi) is 3.13. The normalized spacial score (nSPS) is 15.3. The highest BCUT2D eigenvalue weighted by Crippen LogP contribution is 2.03. The average Bonchev–Trinajstić information content (AvgIpc) is 1.63. The third-order valence-corrected chi connectivity index (χ3v) is 0.578. The summed E-state index contributed by atoms with van der Waals surface area (Å²) in [6.07, 6.45) is 0.